The number of benzene rings is 1. The van der Waals surface area contributed by atoms with Crippen LogP contribution in [0, 0.1) is 5.82 Å². The van der Waals surface area contributed by atoms with Gasteiger partial charge in [-0.25, -0.2) is 14.4 Å². The Morgan fingerprint density at radius 2 is 2.08 bits per heavy atom. The van der Waals surface area contributed by atoms with Crippen molar-refractivity contribution in [2.45, 2.75) is 25.7 Å². The standard InChI is InChI=1S/C18H21FN4O.HI/c19-15-8-4-10-21-17(15)24-12-11-22-18(20)23-16-9-3-6-13-5-1-2-7-14(13)16;/h3-4,6,8-10H,1-2,5,7,11-12H2,(H3,20,22,23);1H. The lowest BCUT2D eigenvalue weighted by atomic mass is 9.90. The summed E-state index contributed by atoms with van der Waals surface area (Å²) in [5.74, 6) is -0.168. The quantitative estimate of drug-likeness (QED) is 0.313. The number of aromatic nitrogens is 1. The van der Waals surface area contributed by atoms with Gasteiger partial charge in [0.2, 0.25) is 5.88 Å². The summed E-state index contributed by atoms with van der Waals surface area (Å²) in [7, 11) is 0. The number of anilines is 1. The van der Waals surface area contributed by atoms with E-state index in [-0.39, 0.29) is 36.5 Å². The van der Waals surface area contributed by atoms with Crippen molar-refractivity contribution >= 4 is 35.6 Å². The largest absolute Gasteiger partial charge is 0.474 e. The molecule has 134 valence electrons. The van der Waals surface area contributed by atoms with Crippen molar-refractivity contribution in [3.63, 3.8) is 0 Å². The molecule has 0 spiro atoms. The molecule has 1 aliphatic rings. The Morgan fingerprint density at radius 3 is 2.92 bits per heavy atom. The molecule has 25 heavy (non-hydrogen) atoms. The molecule has 0 saturated heterocycles. The van der Waals surface area contributed by atoms with Gasteiger partial charge in [0.1, 0.15) is 6.61 Å². The van der Waals surface area contributed by atoms with Gasteiger partial charge in [-0.1, -0.05) is 12.1 Å². The Hall–Kier alpha value is -1.90. The number of fused-ring (bicyclic) bond motifs is 1. The number of guanidine groups is 1. The number of pyridine rings is 1. The molecule has 1 aliphatic carbocycles. The highest BCUT2D eigenvalue weighted by Gasteiger charge is 2.13. The van der Waals surface area contributed by atoms with Crippen LogP contribution in [-0.4, -0.2) is 24.1 Å². The number of halogens is 2. The molecule has 1 aromatic heterocycles. The molecule has 0 bridgehead atoms. The molecule has 0 saturated carbocycles. The van der Waals surface area contributed by atoms with Gasteiger partial charge in [-0.05, 0) is 55.0 Å². The molecule has 0 atom stereocenters. The SMILES string of the molecule is I.NC(=NCCOc1ncccc1F)Nc1cccc2c1CCCC2. The van der Waals surface area contributed by atoms with Crippen LogP contribution >= 0.6 is 24.0 Å². The van der Waals surface area contributed by atoms with Crippen LogP contribution < -0.4 is 15.8 Å². The molecule has 1 aromatic carbocycles. The minimum atomic E-state index is -0.483. The summed E-state index contributed by atoms with van der Waals surface area (Å²) in [6, 6.07) is 9.05. The van der Waals surface area contributed by atoms with Gasteiger partial charge in [-0.15, -0.1) is 24.0 Å². The van der Waals surface area contributed by atoms with E-state index in [1.54, 1.807) is 0 Å². The summed E-state index contributed by atoms with van der Waals surface area (Å²) in [6.45, 7) is 0.535. The van der Waals surface area contributed by atoms with Crippen molar-refractivity contribution in [3.8, 4) is 5.88 Å². The highest BCUT2D eigenvalue weighted by Crippen LogP contribution is 2.27. The van der Waals surface area contributed by atoms with E-state index < -0.39 is 5.82 Å². The summed E-state index contributed by atoms with van der Waals surface area (Å²) in [5, 5.41) is 3.16. The van der Waals surface area contributed by atoms with Gasteiger partial charge in [0.15, 0.2) is 11.8 Å². The summed E-state index contributed by atoms with van der Waals surface area (Å²) in [6.07, 6.45) is 6.10. The third kappa shape index (κ3) is 5.29. The maximum Gasteiger partial charge on any atom is 0.250 e. The van der Waals surface area contributed by atoms with Crippen LogP contribution in [0.3, 0.4) is 0 Å². The van der Waals surface area contributed by atoms with Crippen molar-refractivity contribution in [2.75, 3.05) is 18.5 Å². The smallest absolute Gasteiger partial charge is 0.250 e. The number of aliphatic imine (C=N–C) groups is 1. The highest BCUT2D eigenvalue weighted by atomic mass is 127. The monoisotopic (exact) mass is 456 g/mol. The van der Waals surface area contributed by atoms with Crippen molar-refractivity contribution in [1.82, 2.24) is 4.98 Å². The van der Waals surface area contributed by atoms with E-state index in [4.69, 9.17) is 10.5 Å². The van der Waals surface area contributed by atoms with E-state index in [1.165, 1.54) is 42.3 Å². The molecule has 5 nitrogen and oxygen atoms in total. The third-order valence-electron chi connectivity index (χ3n) is 4.00. The normalized spacial score (nSPS) is 13.6. The number of nitrogens with one attached hydrogen (secondary N) is 1. The molecule has 0 radical (unpaired) electrons. The Bertz CT molecular complexity index is 739. The number of ether oxygens (including phenoxy) is 1. The van der Waals surface area contributed by atoms with Crippen LogP contribution in [0.15, 0.2) is 41.5 Å². The second-order valence-electron chi connectivity index (χ2n) is 5.68. The zero-order valence-corrected chi connectivity index (χ0v) is 16.2. The lowest BCUT2D eigenvalue weighted by Gasteiger charge is -2.19. The van der Waals surface area contributed by atoms with Crippen LogP contribution in [0.2, 0.25) is 0 Å². The number of hydrogen-bond donors (Lipinski definition) is 2. The minimum absolute atomic E-state index is 0. The maximum absolute atomic E-state index is 13.4. The summed E-state index contributed by atoms with van der Waals surface area (Å²) in [5.41, 5.74) is 9.67. The Balaban J connectivity index is 0.00000225. The molecular weight excluding hydrogens is 434 g/mol. The van der Waals surface area contributed by atoms with E-state index in [2.05, 4.69) is 21.4 Å². The van der Waals surface area contributed by atoms with Crippen molar-refractivity contribution in [1.29, 1.82) is 0 Å². The topological polar surface area (TPSA) is 72.5 Å². The zero-order valence-electron chi connectivity index (χ0n) is 13.9. The highest BCUT2D eigenvalue weighted by molar-refractivity contribution is 14.0. The predicted octanol–water partition coefficient (Wildman–Crippen LogP) is 3.52. The van der Waals surface area contributed by atoms with Gasteiger partial charge in [0.25, 0.3) is 0 Å². The predicted molar refractivity (Wildman–Crippen MR) is 108 cm³/mol. The summed E-state index contributed by atoms with van der Waals surface area (Å²) < 4.78 is 18.6. The Labute approximate surface area is 163 Å². The lowest BCUT2D eigenvalue weighted by molar-refractivity contribution is 0.298. The average Bonchev–Trinajstić information content (AvgIpc) is 2.60. The van der Waals surface area contributed by atoms with Gasteiger partial charge < -0.3 is 15.8 Å². The van der Waals surface area contributed by atoms with E-state index in [0.717, 1.165) is 18.5 Å². The molecule has 0 unspecified atom stereocenters. The molecular formula is C18H22FIN4O. The van der Waals surface area contributed by atoms with Gasteiger partial charge >= 0.3 is 0 Å². The van der Waals surface area contributed by atoms with Gasteiger partial charge in [0, 0.05) is 11.9 Å². The van der Waals surface area contributed by atoms with Crippen LogP contribution in [0.5, 0.6) is 5.88 Å². The van der Waals surface area contributed by atoms with Crippen LogP contribution in [0.25, 0.3) is 0 Å². The van der Waals surface area contributed by atoms with Gasteiger partial charge in [-0.2, -0.15) is 0 Å². The maximum atomic E-state index is 13.4. The van der Waals surface area contributed by atoms with Crippen molar-refractivity contribution in [3.05, 3.63) is 53.5 Å². The number of aryl methyl sites for hydroxylation is 1. The first-order chi connectivity index (χ1) is 11.7. The number of nitrogens with zero attached hydrogens (tertiary/aromatic N) is 2. The fraction of sp³-hybridized carbons (Fsp3) is 0.333. The third-order valence-corrected chi connectivity index (χ3v) is 4.00. The second kappa shape index (κ2) is 9.55. The van der Waals surface area contributed by atoms with Gasteiger partial charge in [-0.3, -0.25) is 0 Å². The molecule has 0 aliphatic heterocycles. The molecule has 7 heteroatoms. The fourth-order valence-corrected chi connectivity index (χ4v) is 2.86. The van der Waals surface area contributed by atoms with E-state index in [9.17, 15) is 4.39 Å². The molecule has 1 heterocycles. The summed E-state index contributed by atoms with van der Waals surface area (Å²) >= 11 is 0. The van der Waals surface area contributed by atoms with E-state index >= 15 is 0 Å². The lowest BCUT2D eigenvalue weighted by Crippen LogP contribution is -2.25. The molecule has 3 rings (SSSR count). The number of rotatable bonds is 5. The van der Waals surface area contributed by atoms with E-state index in [0.29, 0.717) is 12.5 Å². The molecule has 3 N–H and O–H groups in total. The first-order valence-electron chi connectivity index (χ1n) is 8.15. The Kier molecular flexibility index (Phi) is 7.42. The second-order valence-corrected chi connectivity index (χ2v) is 5.68. The first kappa shape index (κ1) is 19.4. The average molecular weight is 456 g/mol. The van der Waals surface area contributed by atoms with Crippen LogP contribution in [-0.2, 0) is 12.8 Å². The van der Waals surface area contributed by atoms with E-state index in [1.807, 2.05) is 12.1 Å². The molecule has 0 amide bonds. The van der Waals surface area contributed by atoms with Crippen molar-refractivity contribution < 1.29 is 9.13 Å². The Morgan fingerprint density at radius 1 is 1.24 bits per heavy atom. The number of hydrogen-bond acceptors (Lipinski definition) is 3. The van der Waals surface area contributed by atoms with Crippen LogP contribution in [0.1, 0.15) is 24.0 Å². The number of nitrogens with two attached hydrogens (primary N) is 1. The van der Waals surface area contributed by atoms with Gasteiger partial charge in [0.05, 0.1) is 6.54 Å². The fourth-order valence-electron chi connectivity index (χ4n) is 2.86. The van der Waals surface area contributed by atoms with Crippen LogP contribution in [0.4, 0.5) is 10.1 Å². The molecule has 2 aromatic rings. The molecule has 0 fully saturated rings. The minimum Gasteiger partial charge on any atom is -0.474 e. The first-order valence-corrected chi connectivity index (χ1v) is 8.15. The summed E-state index contributed by atoms with van der Waals surface area (Å²) in [4.78, 5) is 8.04. The zero-order chi connectivity index (χ0) is 16.8. The van der Waals surface area contributed by atoms with Crippen molar-refractivity contribution in [2.24, 2.45) is 10.7 Å².